The summed E-state index contributed by atoms with van der Waals surface area (Å²) in [6.45, 7) is 46.4. The van der Waals surface area contributed by atoms with E-state index in [-0.39, 0.29) is 0 Å². The van der Waals surface area contributed by atoms with E-state index in [9.17, 15) is 0 Å². The van der Waals surface area contributed by atoms with E-state index in [1.165, 1.54) is 122 Å². The first kappa shape index (κ1) is 36.8. The number of nitrogens with zero attached hydrogens (tertiary/aromatic N) is 4. The summed E-state index contributed by atoms with van der Waals surface area (Å²) in [6.07, 6.45) is 0. The molecule has 0 saturated carbocycles. The van der Waals surface area contributed by atoms with Gasteiger partial charge in [-0.1, -0.05) is 13.1 Å². The topological polar surface area (TPSA) is 35.6 Å². The van der Waals surface area contributed by atoms with Crippen LogP contribution in [0.3, 0.4) is 0 Å². The quantitative estimate of drug-likeness (QED) is 0.172. The van der Waals surface area contributed by atoms with E-state index >= 15 is 0 Å². The van der Waals surface area contributed by atoms with E-state index in [1.54, 1.807) is 10.4 Å². The molecule has 0 N–H and O–H groups in total. The van der Waals surface area contributed by atoms with Crippen molar-refractivity contribution in [2.45, 2.75) is 138 Å². The van der Waals surface area contributed by atoms with Crippen molar-refractivity contribution in [1.29, 1.82) is 0 Å². The van der Waals surface area contributed by atoms with Crippen molar-refractivity contribution in [2.24, 2.45) is 0 Å². The SMILES string of the molecule is Cc1c(C)c([Si](C)(C)c2c(C)c(C)c(-n3nc(C)c4c(C)c(C)c(C)c(C)c43)c(C)c2C)c(C)c(C)c1-n1nc(C)c2c(C)c(C)c(C)c(C)c21. The number of benzene rings is 4. The molecule has 0 aliphatic rings. The number of hydrogen-bond acceptors (Lipinski definition) is 2. The maximum Gasteiger partial charge on any atom is 0.113 e. The van der Waals surface area contributed by atoms with Crippen LogP contribution < -0.4 is 10.4 Å². The Kier molecular flexibility index (Phi) is 8.70. The highest BCUT2D eigenvalue weighted by molar-refractivity contribution is 7.01. The van der Waals surface area contributed by atoms with Crippen LogP contribution in [0.4, 0.5) is 0 Å². The molecule has 4 nitrogen and oxygen atoms in total. The van der Waals surface area contributed by atoms with Crippen molar-refractivity contribution < 1.29 is 0 Å². The molecule has 51 heavy (non-hydrogen) atoms. The number of fused-ring (bicyclic) bond motifs is 2. The fourth-order valence-corrected chi connectivity index (χ4v) is 14.8. The molecule has 0 bridgehead atoms. The zero-order chi connectivity index (χ0) is 38.1. The van der Waals surface area contributed by atoms with Crippen molar-refractivity contribution in [3.63, 3.8) is 0 Å². The average Bonchev–Trinajstić information content (AvgIpc) is 3.59. The van der Waals surface area contributed by atoms with Crippen molar-refractivity contribution in [1.82, 2.24) is 19.6 Å². The van der Waals surface area contributed by atoms with Crippen LogP contribution in [-0.2, 0) is 0 Å². The van der Waals surface area contributed by atoms with Gasteiger partial charge in [0, 0.05) is 10.8 Å². The predicted octanol–water partition coefficient (Wildman–Crippen LogP) is 10.7. The van der Waals surface area contributed by atoms with Gasteiger partial charge in [-0.3, -0.25) is 0 Å². The summed E-state index contributed by atoms with van der Waals surface area (Å²) < 4.78 is 4.57. The molecular formula is C46H60N4Si. The maximum atomic E-state index is 5.27. The van der Waals surface area contributed by atoms with Crippen molar-refractivity contribution >= 4 is 40.3 Å². The molecule has 2 aromatic heterocycles. The third-order valence-corrected chi connectivity index (χ3v) is 17.8. The first-order valence-corrected chi connectivity index (χ1v) is 21.7. The van der Waals surface area contributed by atoms with E-state index in [0.29, 0.717) is 0 Å². The molecule has 0 spiro atoms. The second-order valence-electron chi connectivity index (χ2n) is 16.5. The largest absolute Gasteiger partial charge is 0.232 e. The number of aryl methyl sites for hydroxylation is 6. The summed E-state index contributed by atoms with van der Waals surface area (Å²) in [5.74, 6) is 0. The first-order valence-electron chi connectivity index (χ1n) is 18.7. The van der Waals surface area contributed by atoms with Gasteiger partial charge in [0.1, 0.15) is 8.07 Å². The minimum absolute atomic E-state index is 1.11. The van der Waals surface area contributed by atoms with Gasteiger partial charge in [0.25, 0.3) is 0 Å². The fraction of sp³-hybridized carbons (Fsp3) is 0.435. The van der Waals surface area contributed by atoms with Gasteiger partial charge in [0.05, 0.1) is 33.8 Å². The minimum Gasteiger partial charge on any atom is -0.232 e. The Morgan fingerprint density at radius 1 is 0.314 bits per heavy atom. The molecular weight excluding hydrogens is 637 g/mol. The van der Waals surface area contributed by atoms with Crippen LogP contribution in [0.2, 0.25) is 13.1 Å². The molecule has 0 fully saturated rings. The molecule has 0 aliphatic heterocycles. The zero-order valence-corrected chi connectivity index (χ0v) is 36.3. The van der Waals surface area contributed by atoms with Crippen LogP contribution in [0, 0.1) is 125 Å². The van der Waals surface area contributed by atoms with Gasteiger partial charge in [-0.15, -0.1) is 0 Å². The standard InChI is InChI=1S/C46H60N4Si/c1-21-23(3)27(7)43-39(25(21)5)37(17)47-49(43)41-29(9)33(13)45(34(14)30(41)10)51(19,20)46-35(15)31(11)42(32(12)36(46)16)50-44-28(8)24(4)22(2)26(6)40(44)38(18)48-50/h1-20H3. The summed E-state index contributed by atoms with van der Waals surface area (Å²) in [5, 5.41) is 16.3. The van der Waals surface area contributed by atoms with Crippen LogP contribution in [0.5, 0.6) is 0 Å². The van der Waals surface area contributed by atoms with E-state index in [4.69, 9.17) is 10.2 Å². The molecule has 0 unspecified atom stereocenters. The molecule has 0 saturated heterocycles. The van der Waals surface area contributed by atoms with Gasteiger partial charge >= 0.3 is 0 Å². The number of aromatic nitrogens is 4. The number of hydrogen-bond donors (Lipinski definition) is 0. The van der Waals surface area contributed by atoms with E-state index in [2.05, 4.69) is 147 Å². The third-order valence-electron chi connectivity index (χ3n) is 13.8. The molecule has 6 aromatic rings. The monoisotopic (exact) mass is 696 g/mol. The Morgan fingerprint density at radius 3 is 0.843 bits per heavy atom. The van der Waals surface area contributed by atoms with Crippen LogP contribution in [-0.4, -0.2) is 27.6 Å². The lowest BCUT2D eigenvalue weighted by atomic mass is 9.93. The van der Waals surface area contributed by atoms with Gasteiger partial charge in [-0.05, 0) is 224 Å². The summed E-state index contributed by atoms with van der Waals surface area (Å²) in [6, 6.07) is 0. The Bertz CT molecular complexity index is 2280. The predicted molar refractivity (Wildman–Crippen MR) is 224 cm³/mol. The van der Waals surface area contributed by atoms with Crippen LogP contribution >= 0.6 is 0 Å². The maximum absolute atomic E-state index is 5.27. The molecule has 0 amide bonds. The highest BCUT2D eigenvalue weighted by atomic mass is 28.3. The molecule has 268 valence electrons. The first-order chi connectivity index (χ1) is 23.6. The summed E-state index contributed by atoms with van der Waals surface area (Å²) in [4.78, 5) is 0. The molecule has 0 aliphatic carbocycles. The molecule has 0 atom stereocenters. The third kappa shape index (κ3) is 4.82. The zero-order valence-electron chi connectivity index (χ0n) is 35.3. The average molecular weight is 697 g/mol. The van der Waals surface area contributed by atoms with Crippen LogP contribution in [0.15, 0.2) is 0 Å². The molecule has 2 heterocycles. The minimum atomic E-state index is -2.24. The van der Waals surface area contributed by atoms with E-state index in [0.717, 1.165) is 11.4 Å². The highest BCUT2D eigenvalue weighted by Gasteiger charge is 2.37. The lowest BCUT2D eigenvalue weighted by Gasteiger charge is -2.35. The Morgan fingerprint density at radius 2 is 0.569 bits per heavy atom. The highest BCUT2D eigenvalue weighted by Crippen LogP contribution is 2.38. The molecule has 6 rings (SSSR count). The Hall–Kier alpha value is -3.96. The molecule has 4 aromatic carbocycles. The lowest BCUT2D eigenvalue weighted by Crippen LogP contribution is -2.58. The van der Waals surface area contributed by atoms with Gasteiger partial charge in [-0.2, -0.15) is 10.2 Å². The molecule has 0 radical (unpaired) electrons. The number of rotatable bonds is 4. The second kappa shape index (κ2) is 12.0. The summed E-state index contributed by atoms with van der Waals surface area (Å²) in [7, 11) is -2.24. The van der Waals surface area contributed by atoms with Gasteiger partial charge in [0.15, 0.2) is 0 Å². The summed E-state index contributed by atoms with van der Waals surface area (Å²) >= 11 is 0. The Balaban J connectivity index is 1.61. The van der Waals surface area contributed by atoms with Gasteiger partial charge < -0.3 is 0 Å². The van der Waals surface area contributed by atoms with Crippen molar-refractivity contribution in [3.8, 4) is 11.4 Å². The fourth-order valence-electron chi connectivity index (χ4n) is 10.0. The lowest BCUT2D eigenvalue weighted by molar-refractivity contribution is 0.866. The normalized spacial score (nSPS) is 12.3. The van der Waals surface area contributed by atoms with Crippen molar-refractivity contribution in [3.05, 3.63) is 100 Å². The smallest absolute Gasteiger partial charge is 0.113 e. The van der Waals surface area contributed by atoms with Crippen LogP contribution in [0.25, 0.3) is 33.2 Å². The van der Waals surface area contributed by atoms with Crippen molar-refractivity contribution in [2.75, 3.05) is 0 Å². The van der Waals surface area contributed by atoms with Gasteiger partial charge in [0.2, 0.25) is 0 Å². The van der Waals surface area contributed by atoms with E-state index < -0.39 is 8.07 Å². The second-order valence-corrected chi connectivity index (χ2v) is 20.8. The summed E-state index contributed by atoms with van der Waals surface area (Å²) in [5.41, 5.74) is 29.0. The van der Waals surface area contributed by atoms with Gasteiger partial charge in [-0.25, -0.2) is 9.36 Å². The Labute approximate surface area is 308 Å². The molecule has 5 heteroatoms. The van der Waals surface area contributed by atoms with Crippen LogP contribution in [0.1, 0.15) is 100 Å². The van der Waals surface area contributed by atoms with E-state index in [1.807, 2.05) is 0 Å².